The van der Waals surface area contributed by atoms with Crippen molar-refractivity contribution in [3.05, 3.63) is 59.2 Å². The molecule has 1 amide bonds. The molecule has 0 unspecified atom stereocenters. The number of fused-ring (bicyclic) bond motifs is 1. The summed E-state index contributed by atoms with van der Waals surface area (Å²) in [6, 6.07) is 13.4. The minimum Gasteiger partial charge on any atom is -0.451 e. The number of morpholine rings is 1. The van der Waals surface area contributed by atoms with Crippen LogP contribution < -0.4 is 10.2 Å². The number of benzene rings is 2. The maximum atomic E-state index is 13.3. The highest BCUT2D eigenvalue weighted by molar-refractivity contribution is 7.20. The molecule has 0 bridgehead atoms. The van der Waals surface area contributed by atoms with Crippen LogP contribution in [0.5, 0.6) is 0 Å². The summed E-state index contributed by atoms with van der Waals surface area (Å²) in [6.45, 7) is 2.70. The van der Waals surface area contributed by atoms with Crippen molar-refractivity contribution in [2.75, 3.05) is 43.1 Å². The van der Waals surface area contributed by atoms with Crippen molar-refractivity contribution in [1.29, 1.82) is 0 Å². The molecule has 1 fully saturated rings. The monoisotopic (exact) mass is 414 g/mol. The van der Waals surface area contributed by atoms with E-state index in [0.29, 0.717) is 29.2 Å². The number of amides is 1. The van der Waals surface area contributed by atoms with Crippen LogP contribution in [-0.4, -0.2) is 44.8 Å². The average Bonchev–Trinajstić information content (AvgIpc) is 3.16. The second-order valence-corrected chi connectivity index (χ2v) is 7.65. The zero-order chi connectivity index (χ0) is 20.2. The maximum Gasteiger partial charge on any atom is 0.348 e. The first kappa shape index (κ1) is 19.4. The molecule has 2 heterocycles. The molecule has 1 N–H and O–H groups in total. The van der Waals surface area contributed by atoms with Crippen LogP contribution in [0.2, 0.25) is 0 Å². The molecule has 1 aromatic heterocycles. The molecule has 0 radical (unpaired) electrons. The molecule has 0 saturated carbocycles. The van der Waals surface area contributed by atoms with Crippen molar-refractivity contribution >= 4 is 44.7 Å². The van der Waals surface area contributed by atoms with E-state index in [1.165, 1.54) is 23.5 Å². The lowest BCUT2D eigenvalue weighted by Gasteiger charge is -2.28. The van der Waals surface area contributed by atoms with Crippen LogP contribution in [-0.2, 0) is 14.3 Å². The molecule has 0 aliphatic carbocycles. The van der Waals surface area contributed by atoms with Gasteiger partial charge in [-0.2, -0.15) is 0 Å². The van der Waals surface area contributed by atoms with E-state index in [-0.39, 0.29) is 5.82 Å². The largest absolute Gasteiger partial charge is 0.451 e. The third-order valence-electron chi connectivity index (χ3n) is 4.54. The van der Waals surface area contributed by atoms with E-state index >= 15 is 0 Å². The summed E-state index contributed by atoms with van der Waals surface area (Å²) in [5.74, 6) is -1.40. The number of esters is 1. The molecule has 4 rings (SSSR count). The molecule has 8 heteroatoms. The fourth-order valence-electron chi connectivity index (χ4n) is 3.09. The van der Waals surface area contributed by atoms with E-state index in [1.807, 2.05) is 24.3 Å². The second kappa shape index (κ2) is 8.59. The number of rotatable bonds is 5. The first-order valence-corrected chi connectivity index (χ1v) is 9.99. The van der Waals surface area contributed by atoms with Crippen LogP contribution in [0.4, 0.5) is 15.8 Å². The Morgan fingerprint density at radius 2 is 1.86 bits per heavy atom. The SMILES string of the molecule is O=C(COC(=O)c1cc2cc(F)ccc2s1)Nc1ccc(N2CCOCC2)cc1. The summed E-state index contributed by atoms with van der Waals surface area (Å²) < 4.78 is 24.5. The predicted molar refractivity (Wildman–Crippen MR) is 110 cm³/mol. The number of hydrogen-bond acceptors (Lipinski definition) is 6. The van der Waals surface area contributed by atoms with Gasteiger partial charge in [0.1, 0.15) is 10.7 Å². The first-order chi connectivity index (χ1) is 14.1. The lowest BCUT2D eigenvalue weighted by molar-refractivity contribution is -0.119. The quantitative estimate of drug-likeness (QED) is 0.645. The van der Waals surface area contributed by atoms with Gasteiger partial charge in [0.25, 0.3) is 5.91 Å². The Morgan fingerprint density at radius 3 is 2.62 bits per heavy atom. The molecule has 1 aliphatic heterocycles. The van der Waals surface area contributed by atoms with Crippen molar-refractivity contribution in [2.24, 2.45) is 0 Å². The molecule has 6 nitrogen and oxygen atoms in total. The van der Waals surface area contributed by atoms with Gasteiger partial charge in [-0.15, -0.1) is 11.3 Å². The van der Waals surface area contributed by atoms with Gasteiger partial charge in [0.15, 0.2) is 6.61 Å². The number of thiophene rings is 1. The second-order valence-electron chi connectivity index (χ2n) is 6.56. The zero-order valence-corrected chi connectivity index (χ0v) is 16.3. The highest BCUT2D eigenvalue weighted by Crippen LogP contribution is 2.27. The van der Waals surface area contributed by atoms with Crippen molar-refractivity contribution in [1.82, 2.24) is 0 Å². The van der Waals surface area contributed by atoms with Gasteiger partial charge in [-0.25, -0.2) is 9.18 Å². The average molecular weight is 414 g/mol. The number of hydrogen-bond donors (Lipinski definition) is 1. The van der Waals surface area contributed by atoms with Crippen LogP contribution in [0, 0.1) is 5.82 Å². The predicted octanol–water partition coefficient (Wildman–Crippen LogP) is 3.67. The number of anilines is 2. The third-order valence-corrected chi connectivity index (χ3v) is 5.64. The van der Waals surface area contributed by atoms with Gasteiger partial charge in [0.2, 0.25) is 0 Å². The normalized spacial score (nSPS) is 14.0. The summed E-state index contributed by atoms with van der Waals surface area (Å²) in [6.07, 6.45) is 0. The highest BCUT2D eigenvalue weighted by Gasteiger charge is 2.15. The van der Waals surface area contributed by atoms with Crippen molar-refractivity contribution in [3.63, 3.8) is 0 Å². The molecular weight excluding hydrogens is 395 g/mol. The van der Waals surface area contributed by atoms with Gasteiger partial charge in [-0.1, -0.05) is 0 Å². The number of carbonyl (C=O) groups excluding carboxylic acids is 2. The van der Waals surface area contributed by atoms with E-state index in [0.717, 1.165) is 23.5 Å². The molecule has 3 aromatic rings. The highest BCUT2D eigenvalue weighted by atomic mass is 32.1. The standard InChI is InChI=1S/C21H19FN2O4S/c22-15-1-6-18-14(11-15)12-19(29-18)21(26)28-13-20(25)23-16-2-4-17(5-3-16)24-7-9-27-10-8-24/h1-6,11-12H,7-10,13H2,(H,23,25). The van der Waals surface area contributed by atoms with Crippen molar-refractivity contribution in [2.45, 2.75) is 0 Å². The van der Waals surface area contributed by atoms with Crippen LogP contribution in [0.25, 0.3) is 10.1 Å². The Kier molecular flexibility index (Phi) is 5.73. The summed E-state index contributed by atoms with van der Waals surface area (Å²) in [4.78, 5) is 26.8. The molecule has 2 aromatic carbocycles. The van der Waals surface area contributed by atoms with Gasteiger partial charge in [0, 0.05) is 29.2 Å². The fraction of sp³-hybridized carbons (Fsp3) is 0.238. The van der Waals surface area contributed by atoms with Gasteiger partial charge in [-0.3, -0.25) is 4.79 Å². The Hall–Kier alpha value is -2.97. The number of halogens is 1. The molecule has 29 heavy (non-hydrogen) atoms. The minimum absolute atomic E-state index is 0.327. The van der Waals surface area contributed by atoms with E-state index in [2.05, 4.69) is 10.2 Å². The summed E-state index contributed by atoms with van der Waals surface area (Å²) in [7, 11) is 0. The maximum absolute atomic E-state index is 13.3. The Labute approximate surface area is 170 Å². The summed E-state index contributed by atoms with van der Waals surface area (Å²) in [5.41, 5.74) is 1.69. The van der Waals surface area contributed by atoms with Crippen LogP contribution >= 0.6 is 11.3 Å². The van der Waals surface area contributed by atoms with Crippen molar-refractivity contribution < 1.29 is 23.5 Å². The third kappa shape index (κ3) is 4.72. The van der Waals surface area contributed by atoms with Crippen LogP contribution in [0.15, 0.2) is 48.5 Å². The smallest absolute Gasteiger partial charge is 0.348 e. The van der Waals surface area contributed by atoms with Crippen LogP contribution in [0.1, 0.15) is 9.67 Å². The number of ether oxygens (including phenoxy) is 2. The Bertz CT molecular complexity index is 1030. The molecule has 0 atom stereocenters. The van der Waals surface area contributed by atoms with Gasteiger partial charge < -0.3 is 19.7 Å². The fourth-order valence-corrected chi connectivity index (χ4v) is 4.03. The number of nitrogens with one attached hydrogen (secondary N) is 1. The van der Waals surface area contributed by atoms with Gasteiger partial charge in [-0.05, 0) is 53.9 Å². The molecule has 1 aliphatic rings. The van der Waals surface area contributed by atoms with E-state index in [1.54, 1.807) is 12.1 Å². The van der Waals surface area contributed by atoms with Gasteiger partial charge in [0.05, 0.1) is 13.2 Å². The lowest BCUT2D eigenvalue weighted by atomic mass is 10.2. The Morgan fingerprint density at radius 1 is 1.10 bits per heavy atom. The topological polar surface area (TPSA) is 67.9 Å². The van der Waals surface area contributed by atoms with Crippen LogP contribution in [0.3, 0.4) is 0 Å². The first-order valence-electron chi connectivity index (χ1n) is 9.17. The lowest BCUT2D eigenvalue weighted by Crippen LogP contribution is -2.36. The van der Waals surface area contributed by atoms with E-state index in [4.69, 9.17) is 9.47 Å². The van der Waals surface area contributed by atoms with E-state index < -0.39 is 18.5 Å². The summed E-state index contributed by atoms with van der Waals surface area (Å²) >= 11 is 1.20. The summed E-state index contributed by atoms with van der Waals surface area (Å²) in [5, 5.41) is 3.34. The van der Waals surface area contributed by atoms with Gasteiger partial charge >= 0.3 is 5.97 Å². The number of carbonyl (C=O) groups is 2. The molecule has 1 saturated heterocycles. The number of nitrogens with zero attached hydrogens (tertiary/aromatic N) is 1. The Balaban J connectivity index is 1.30. The molecule has 150 valence electrons. The molecule has 0 spiro atoms. The van der Waals surface area contributed by atoms with E-state index in [9.17, 15) is 14.0 Å². The molecular formula is C21H19FN2O4S. The zero-order valence-electron chi connectivity index (χ0n) is 15.5. The minimum atomic E-state index is -0.607. The van der Waals surface area contributed by atoms with Crippen molar-refractivity contribution in [3.8, 4) is 0 Å².